The Morgan fingerprint density at radius 3 is 2.69 bits per heavy atom. The molecule has 3 N–H and O–H groups in total. The molecular formula is C10H20O6. The van der Waals surface area contributed by atoms with E-state index in [0.717, 1.165) is 0 Å². The Labute approximate surface area is 94.7 Å². The van der Waals surface area contributed by atoms with Crippen molar-refractivity contribution >= 4 is 0 Å². The van der Waals surface area contributed by atoms with Crippen LogP contribution >= 0.6 is 0 Å². The summed E-state index contributed by atoms with van der Waals surface area (Å²) in [5, 5.41) is 27.9. The second kappa shape index (κ2) is 7.16. The third-order valence-corrected chi connectivity index (χ3v) is 2.45. The van der Waals surface area contributed by atoms with Gasteiger partial charge in [-0.2, -0.15) is 0 Å². The van der Waals surface area contributed by atoms with Crippen molar-refractivity contribution in [3.05, 3.63) is 0 Å². The summed E-state index contributed by atoms with van der Waals surface area (Å²) >= 11 is 0. The van der Waals surface area contributed by atoms with Crippen molar-refractivity contribution in [1.29, 1.82) is 0 Å². The van der Waals surface area contributed by atoms with Gasteiger partial charge in [0.15, 0.2) is 6.29 Å². The Hall–Kier alpha value is -0.240. The highest BCUT2D eigenvalue weighted by molar-refractivity contribution is 4.82. The highest BCUT2D eigenvalue weighted by atomic mass is 16.7. The average molecular weight is 236 g/mol. The second-order valence-electron chi connectivity index (χ2n) is 3.65. The van der Waals surface area contributed by atoms with Gasteiger partial charge in [0.1, 0.15) is 12.2 Å². The van der Waals surface area contributed by atoms with Crippen LogP contribution in [0.2, 0.25) is 0 Å². The predicted molar refractivity (Wildman–Crippen MR) is 54.8 cm³/mol. The molecule has 1 aliphatic rings. The summed E-state index contributed by atoms with van der Waals surface area (Å²) in [6.07, 6.45) is -3.18. The molecule has 0 bridgehead atoms. The number of aliphatic hydroxyl groups is 3. The Bertz CT molecular complexity index is 188. The van der Waals surface area contributed by atoms with Gasteiger partial charge in [0, 0.05) is 13.0 Å². The molecule has 1 fully saturated rings. The zero-order chi connectivity index (χ0) is 12.0. The molecule has 0 aliphatic carbocycles. The van der Waals surface area contributed by atoms with Crippen molar-refractivity contribution in [2.75, 3.05) is 26.4 Å². The normalized spacial score (nSPS) is 35.2. The van der Waals surface area contributed by atoms with Crippen molar-refractivity contribution in [2.24, 2.45) is 0 Å². The van der Waals surface area contributed by atoms with Crippen molar-refractivity contribution < 1.29 is 29.5 Å². The van der Waals surface area contributed by atoms with Crippen LogP contribution in [-0.2, 0) is 14.2 Å². The zero-order valence-corrected chi connectivity index (χ0v) is 9.41. The summed E-state index contributed by atoms with van der Waals surface area (Å²) in [7, 11) is 0. The zero-order valence-electron chi connectivity index (χ0n) is 9.41. The van der Waals surface area contributed by atoms with Gasteiger partial charge in [-0.25, -0.2) is 0 Å². The van der Waals surface area contributed by atoms with Crippen LogP contribution in [0.15, 0.2) is 0 Å². The quantitative estimate of drug-likeness (QED) is 0.506. The van der Waals surface area contributed by atoms with E-state index in [2.05, 4.69) is 0 Å². The first-order valence-electron chi connectivity index (χ1n) is 5.50. The Morgan fingerprint density at radius 1 is 1.31 bits per heavy atom. The minimum atomic E-state index is -1.06. The summed E-state index contributed by atoms with van der Waals surface area (Å²) in [4.78, 5) is 0. The van der Waals surface area contributed by atoms with E-state index >= 15 is 0 Å². The van der Waals surface area contributed by atoms with E-state index in [4.69, 9.17) is 19.3 Å². The van der Waals surface area contributed by atoms with Crippen LogP contribution in [0.25, 0.3) is 0 Å². The minimum Gasteiger partial charge on any atom is -0.394 e. The van der Waals surface area contributed by atoms with Crippen LogP contribution in [0.3, 0.4) is 0 Å². The maximum absolute atomic E-state index is 9.50. The van der Waals surface area contributed by atoms with Gasteiger partial charge in [-0.3, -0.25) is 0 Å². The van der Waals surface area contributed by atoms with Crippen LogP contribution in [0.4, 0.5) is 0 Å². The molecule has 4 atom stereocenters. The molecule has 16 heavy (non-hydrogen) atoms. The smallest absolute Gasteiger partial charge is 0.160 e. The van der Waals surface area contributed by atoms with E-state index in [0.29, 0.717) is 19.8 Å². The van der Waals surface area contributed by atoms with E-state index < -0.39 is 24.6 Å². The summed E-state index contributed by atoms with van der Waals surface area (Å²) in [6, 6.07) is 0. The largest absolute Gasteiger partial charge is 0.394 e. The minimum absolute atomic E-state index is 0.198. The van der Waals surface area contributed by atoms with Crippen molar-refractivity contribution in [3.8, 4) is 0 Å². The highest BCUT2D eigenvalue weighted by Gasteiger charge is 2.36. The maximum Gasteiger partial charge on any atom is 0.160 e. The molecule has 4 unspecified atom stereocenters. The van der Waals surface area contributed by atoms with Crippen molar-refractivity contribution in [2.45, 2.75) is 37.9 Å². The lowest BCUT2D eigenvalue weighted by Gasteiger charge is -2.35. The fourth-order valence-electron chi connectivity index (χ4n) is 1.56. The van der Waals surface area contributed by atoms with Crippen LogP contribution in [0.5, 0.6) is 0 Å². The van der Waals surface area contributed by atoms with E-state index in [9.17, 15) is 10.2 Å². The Balaban J connectivity index is 2.27. The van der Waals surface area contributed by atoms with E-state index in [1.54, 1.807) is 0 Å². The van der Waals surface area contributed by atoms with Crippen molar-refractivity contribution in [3.63, 3.8) is 0 Å². The average Bonchev–Trinajstić information content (AvgIpc) is 2.29. The lowest BCUT2D eigenvalue weighted by Crippen LogP contribution is -2.50. The maximum atomic E-state index is 9.50. The lowest BCUT2D eigenvalue weighted by molar-refractivity contribution is -0.258. The first-order valence-corrected chi connectivity index (χ1v) is 5.50. The molecule has 0 spiro atoms. The monoisotopic (exact) mass is 236 g/mol. The summed E-state index contributed by atoms with van der Waals surface area (Å²) in [6.45, 7) is 2.98. The first-order chi connectivity index (χ1) is 7.69. The topological polar surface area (TPSA) is 88.4 Å². The van der Waals surface area contributed by atoms with Gasteiger partial charge in [0.25, 0.3) is 0 Å². The van der Waals surface area contributed by atoms with Gasteiger partial charge < -0.3 is 29.5 Å². The second-order valence-corrected chi connectivity index (χ2v) is 3.65. The summed E-state index contributed by atoms with van der Waals surface area (Å²) < 4.78 is 15.7. The van der Waals surface area contributed by atoms with E-state index in [1.807, 2.05) is 6.92 Å². The molecule has 0 aromatic carbocycles. The third kappa shape index (κ3) is 3.97. The first kappa shape index (κ1) is 13.8. The summed E-state index contributed by atoms with van der Waals surface area (Å²) in [5.41, 5.74) is 0. The van der Waals surface area contributed by atoms with E-state index in [-0.39, 0.29) is 13.0 Å². The fraction of sp³-hybridized carbons (Fsp3) is 1.00. The van der Waals surface area contributed by atoms with Gasteiger partial charge in [0.05, 0.1) is 25.9 Å². The summed E-state index contributed by atoms with van der Waals surface area (Å²) in [5.74, 6) is 0. The highest BCUT2D eigenvalue weighted by Crippen LogP contribution is 2.20. The third-order valence-electron chi connectivity index (χ3n) is 2.45. The van der Waals surface area contributed by atoms with Gasteiger partial charge >= 0.3 is 0 Å². The molecule has 6 nitrogen and oxygen atoms in total. The number of hydrogen-bond acceptors (Lipinski definition) is 6. The molecule has 0 radical (unpaired) electrons. The molecule has 1 saturated heterocycles. The van der Waals surface area contributed by atoms with Crippen molar-refractivity contribution in [1.82, 2.24) is 0 Å². The lowest BCUT2D eigenvalue weighted by atomic mass is 10.0. The van der Waals surface area contributed by atoms with Gasteiger partial charge in [-0.1, -0.05) is 0 Å². The number of ether oxygens (including phenoxy) is 3. The van der Waals surface area contributed by atoms with Crippen LogP contribution in [0.1, 0.15) is 13.3 Å². The van der Waals surface area contributed by atoms with Crippen LogP contribution in [0, 0.1) is 0 Å². The Kier molecular flexibility index (Phi) is 6.18. The van der Waals surface area contributed by atoms with Gasteiger partial charge in [-0.05, 0) is 6.92 Å². The molecular weight excluding hydrogens is 216 g/mol. The molecule has 0 saturated carbocycles. The van der Waals surface area contributed by atoms with E-state index in [1.165, 1.54) is 0 Å². The van der Waals surface area contributed by atoms with Crippen LogP contribution < -0.4 is 0 Å². The Morgan fingerprint density at radius 2 is 2.06 bits per heavy atom. The molecule has 1 aliphatic heterocycles. The molecule has 0 amide bonds. The van der Waals surface area contributed by atoms with Gasteiger partial charge in [0.2, 0.25) is 0 Å². The molecule has 0 aromatic heterocycles. The molecule has 1 rings (SSSR count). The predicted octanol–water partition coefficient (Wildman–Crippen LogP) is -1.13. The number of rotatable bonds is 6. The molecule has 6 heteroatoms. The number of aliphatic hydroxyl groups excluding tert-OH is 3. The SMILES string of the molecule is CCOCCOC1CC(O)C(O)C(CO)O1. The molecule has 1 heterocycles. The number of hydrogen-bond donors (Lipinski definition) is 3. The molecule has 0 aromatic rings. The van der Waals surface area contributed by atoms with Crippen LogP contribution in [-0.4, -0.2) is 66.3 Å². The van der Waals surface area contributed by atoms with Gasteiger partial charge in [-0.15, -0.1) is 0 Å². The fourth-order valence-corrected chi connectivity index (χ4v) is 1.56. The molecule has 96 valence electrons. The standard InChI is InChI=1S/C10H20O6/c1-2-14-3-4-15-9-5-7(12)10(13)8(6-11)16-9/h7-13H,2-6H2,1H3.